The number of nitrogens with one attached hydrogen (secondary N) is 3. The van der Waals surface area contributed by atoms with E-state index in [0.29, 0.717) is 50.8 Å². The maximum absolute atomic E-state index is 12.5. The van der Waals surface area contributed by atoms with E-state index in [1.807, 2.05) is 16.7 Å². The van der Waals surface area contributed by atoms with E-state index in [4.69, 9.17) is 0 Å². The first-order valence-corrected chi connectivity index (χ1v) is 14.9. The molecule has 4 rings (SSSR count). The van der Waals surface area contributed by atoms with Gasteiger partial charge in [-0.05, 0) is 25.7 Å². The zero-order valence-electron chi connectivity index (χ0n) is 22.0. The van der Waals surface area contributed by atoms with E-state index in [0.717, 1.165) is 57.4 Å². The van der Waals surface area contributed by atoms with Gasteiger partial charge in [0.1, 0.15) is 0 Å². The van der Waals surface area contributed by atoms with Gasteiger partial charge in [-0.1, -0.05) is 12.8 Å². The van der Waals surface area contributed by atoms with Crippen molar-refractivity contribution in [3.63, 3.8) is 0 Å². The van der Waals surface area contributed by atoms with Gasteiger partial charge in [-0.2, -0.15) is 11.8 Å². The summed E-state index contributed by atoms with van der Waals surface area (Å²) in [7, 11) is 0. The summed E-state index contributed by atoms with van der Waals surface area (Å²) in [5.74, 6) is 0.706. The summed E-state index contributed by atoms with van der Waals surface area (Å²) in [4.78, 5) is 64.7. The lowest BCUT2D eigenvalue weighted by Crippen LogP contribution is -2.50. The van der Waals surface area contributed by atoms with Crippen LogP contribution in [0.5, 0.6) is 0 Å². The summed E-state index contributed by atoms with van der Waals surface area (Å²) in [5.41, 5.74) is 0. The monoisotopic (exact) mass is 548 g/mol. The van der Waals surface area contributed by atoms with Gasteiger partial charge in [-0.15, -0.1) is 0 Å². The minimum atomic E-state index is -0.254. The van der Waals surface area contributed by atoms with E-state index in [1.54, 1.807) is 0 Å². The molecule has 0 aromatic heterocycles. The highest BCUT2D eigenvalue weighted by atomic mass is 32.2. The van der Waals surface area contributed by atoms with Crippen molar-refractivity contribution < 1.29 is 24.0 Å². The summed E-state index contributed by atoms with van der Waals surface area (Å²) >= 11 is 1.90. The summed E-state index contributed by atoms with van der Waals surface area (Å²) < 4.78 is 0. The normalized spacial score (nSPS) is 25.1. The summed E-state index contributed by atoms with van der Waals surface area (Å²) in [6, 6.07) is 0.410. The highest BCUT2D eigenvalue weighted by molar-refractivity contribution is 8.00. The lowest BCUT2D eigenvalue weighted by Gasteiger charge is -2.35. The second kappa shape index (κ2) is 14.0. The van der Waals surface area contributed by atoms with Crippen molar-refractivity contribution >= 4 is 41.4 Å². The van der Waals surface area contributed by atoms with Crippen LogP contribution < -0.4 is 16.0 Å². The van der Waals surface area contributed by atoms with Crippen molar-refractivity contribution in [1.82, 2.24) is 30.7 Å². The predicted octanol–water partition coefficient (Wildman–Crippen LogP) is 0.458. The van der Waals surface area contributed by atoms with Crippen molar-refractivity contribution in [2.75, 3.05) is 51.6 Å². The molecule has 3 fully saturated rings. The van der Waals surface area contributed by atoms with Crippen LogP contribution in [0.3, 0.4) is 0 Å². The zero-order valence-corrected chi connectivity index (χ0v) is 22.8. The third-order valence-electron chi connectivity index (χ3n) is 7.74. The number of hydrogen-bond acceptors (Lipinski definition) is 7. The van der Waals surface area contributed by atoms with Gasteiger partial charge in [0.05, 0.1) is 12.1 Å². The van der Waals surface area contributed by atoms with Crippen LogP contribution in [0.25, 0.3) is 0 Å². The van der Waals surface area contributed by atoms with Crippen LogP contribution in [-0.2, 0) is 19.2 Å². The van der Waals surface area contributed by atoms with Crippen molar-refractivity contribution in [2.45, 2.75) is 68.7 Å². The molecule has 0 aromatic carbocycles. The third kappa shape index (κ3) is 7.95. The average molecular weight is 549 g/mol. The first-order chi connectivity index (χ1) is 18.4. The molecule has 0 saturated carbocycles. The Morgan fingerprint density at radius 3 is 2.39 bits per heavy atom. The Balaban J connectivity index is 0.958. The zero-order chi connectivity index (χ0) is 26.9. The predicted molar refractivity (Wildman–Crippen MR) is 144 cm³/mol. The Morgan fingerprint density at radius 2 is 1.63 bits per heavy atom. The molecule has 4 aliphatic rings. The average Bonchev–Trinajstić information content (AvgIpc) is 3.56. The number of carbonyl (C=O) groups is 5. The van der Waals surface area contributed by atoms with Gasteiger partial charge in [0.25, 0.3) is 11.8 Å². The van der Waals surface area contributed by atoms with Gasteiger partial charge in [0.2, 0.25) is 11.8 Å². The molecule has 3 saturated heterocycles. The molecule has 38 heavy (non-hydrogen) atoms. The highest BCUT2D eigenvalue weighted by Crippen LogP contribution is 2.33. The fraction of sp³-hybridized carbons (Fsp3) is 0.731. The van der Waals surface area contributed by atoms with Gasteiger partial charge < -0.3 is 20.9 Å². The molecule has 12 heteroatoms. The Kier molecular flexibility index (Phi) is 10.4. The van der Waals surface area contributed by atoms with Crippen molar-refractivity contribution in [3.8, 4) is 0 Å². The molecule has 3 atom stereocenters. The fourth-order valence-electron chi connectivity index (χ4n) is 5.44. The maximum atomic E-state index is 12.5. The van der Waals surface area contributed by atoms with Crippen molar-refractivity contribution in [1.29, 1.82) is 0 Å². The van der Waals surface area contributed by atoms with Crippen LogP contribution >= 0.6 is 11.8 Å². The van der Waals surface area contributed by atoms with Gasteiger partial charge in [0, 0.05) is 81.8 Å². The standard InChI is InChI=1S/C26H40N6O5S/c33-21(7-4-3-6-20-25-19(18-38-20)28-26(37)29-25)27-11-5-1-2-8-22(34)31-15-12-30(13-16-31)14-17-32-23(35)9-10-24(32)36/h9-10,19-20,25H,1-8,11-18H2,(H,27,33)(H2,28,29,37). The topological polar surface area (TPSA) is 131 Å². The van der Waals surface area contributed by atoms with Gasteiger partial charge >= 0.3 is 6.03 Å². The molecular weight excluding hydrogens is 508 g/mol. The van der Waals surface area contributed by atoms with E-state index in [2.05, 4.69) is 20.9 Å². The number of unbranched alkanes of at least 4 members (excludes halogenated alkanes) is 3. The van der Waals surface area contributed by atoms with Crippen LogP contribution in [-0.4, -0.2) is 113 Å². The lowest BCUT2D eigenvalue weighted by atomic mass is 10.0. The van der Waals surface area contributed by atoms with Gasteiger partial charge in [-0.3, -0.25) is 29.0 Å². The third-order valence-corrected chi connectivity index (χ3v) is 9.24. The fourth-order valence-corrected chi connectivity index (χ4v) is 6.98. The number of amides is 6. The van der Waals surface area contributed by atoms with Crippen molar-refractivity contribution in [3.05, 3.63) is 12.2 Å². The van der Waals surface area contributed by atoms with E-state index in [9.17, 15) is 24.0 Å². The van der Waals surface area contributed by atoms with E-state index in [1.165, 1.54) is 17.1 Å². The molecule has 0 aliphatic carbocycles. The Hall–Kier alpha value is -2.60. The Labute approximate surface area is 228 Å². The first-order valence-electron chi connectivity index (χ1n) is 13.9. The number of rotatable bonds is 14. The van der Waals surface area contributed by atoms with Crippen LogP contribution in [0.15, 0.2) is 12.2 Å². The molecule has 3 unspecified atom stereocenters. The second-order valence-electron chi connectivity index (χ2n) is 10.4. The summed E-state index contributed by atoms with van der Waals surface area (Å²) in [5, 5.41) is 9.38. The number of piperazine rings is 1. The van der Waals surface area contributed by atoms with E-state index < -0.39 is 0 Å². The molecule has 4 aliphatic heterocycles. The SMILES string of the molecule is O=C(CCCCC1SCC2NC(=O)NC21)NCCCCCC(=O)N1CCN(CCN2C(=O)C=CC2=O)CC1. The molecule has 0 radical (unpaired) electrons. The number of fused-ring (bicyclic) bond motifs is 1. The summed E-state index contributed by atoms with van der Waals surface area (Å²) in [6.07, 6.45) is 9.09. The van der Waals surface area contributed by atoms with Crippen LogP contribution in [0.2, 0.25) is 0 Å². The molecule has 0 bridgehead atoms. The van der Waals surface area contributed by atoms with Gasteiger partial charge in [-0.25, -0.2) is 4.79 Å². The molecule has 11 nitrogen and oxygen atoms in total. The van der Waals surface area contributed by atoms with Crippen molar-refractivity contribution in [2.24, 2.45) is 0 Å². The number of hydrogen-bond donors (Lipinski definition) is 3. The van der Waals surface area contributed by atoms with E-state index in [-0.39, 0.29) is 41.7 Å². The first kappa shape index (κ1) is 28.4. The second-order valence-corrected chi connectivity index (χ2v) is 11.7. The van der Waals surface area contributed by atoms with E-state index >= 15 is 0 Å². The number of carbonyl (C=O) groups excluding carboxylic acids is 5. The van der Waals surface area contributed by atoms with Crippen LogP contribution in [0.4, 0.5) is 4.79 Å². The smallest absolute Gasteiger partial charge is 0.315 e. The molecule has 210 valence electrons. The molecule has 6 amide bonds. The highest BCUT2D eigenvalue weighted by Gasteiger charge is 2.42. The quantitative estimate of drug-likeness (QED) is 0.163. The van der Waals surface area contributed by atoms with Crippen LogP contribution in [0.1, 0.15) is 51.4 Å². The Bertz CT molecular complexity index is 904. The molecular formula is C26H40N6O5S. The molecule has 3 N–H and O–H groups in total. The number of nitrogens with zero attached hydrogens (tertiary/aromatic N) is 3. The Morgan fingerprint density at radius 1 is 0.895 bits per heavy atom. The summed E-state index contributed by atoms with van der Waals surface area (Å²) in [6.45, 7) is 4.48. The number of imide groups is 1. The number of thioether (sulfide) groups is 1. The minimum absolute atomic E-state index is 0.0605. The number of urea groups is 1. The van der Waals surface area contributed by atoms with Gasteiger partial charge in [0.15, 0.2) is 0 Å². The van der Waals surface area contributed by atoms with Crippen LogP contribution in [0, 0.1) is 0 Å². The molecule has 4 heterocycles. The largest absolute Gasteiger partial charge is 0.356 e. The lowest BCUT2D eigenvalue weighted by molar-refractivity contribution is -0.137. The maximum Gasteiger partial charge on any atom is 0.315 e. The molecule has 0 spiro atoms. The molecule has 0 aromatic rings. The minimum Gasteiger partial charge on any atom is -0.356 e.